The second kappa shape index (κ2) is 13.7. The first-order valence-corrected chi connectivity index (χ1v) is 13.7. The lowest BCUT2D eigenvalue weighted by Crippen LogP contribution is -2.38. The molecule has 0 bridgehead atoms. The van der Waals surface area contributed by atoms with Crippen LogP contribution in [0.2, 0.25) is 10.0 Å². The van der Waals surface area contributed by atoms with Gasteiger partial charge >= 0.3 is 0 Å². The first-order chi connectivity index (χ1) is 18.9. The van der Waals surface area contributed by atoms with E-state index in [9.17, 15) is 9.59 Å². The third kappa shape index (κ3) is 7.44. The molecule has 0 atom stereocenters. The largest absolute Gasteiger partial charge is 0.493 e. The van der Waals surface area contributed by atoms with Crippen molar-refractivity contribution in [2.24, 2.45) is 5.92 Å². The lowest BCUT2D eigenvalue weighted by molar-refractivity contribution is -0.121. The van der Waals surface area contributed by atoms with E-state index in [1.54, 1.807) is 32.4 Å². The maximum absolute atomic E-state index is 13.1. The molecule has 1 saturated heterocycles. The van der Waals surface area contributed by atoms with Crippen LogP contribution in [-0.4, -0.2) is 50.6 Å². The Morgan fingerprint density at radius 3 is 2.31 bits per heavy atom. The molecule has 0 aromatic heterocycles. The van der Waals surface area contributed by atoms with Crippen LogP contribution >= 0.6 is 23.2 Å². The average molecular weight is 571 g/mol. The molecule has 0 unspecified atom stereocenters. The van der Waals surface area contributed by atoms with Gasteiger partial charge in [-0.25, -0.2) is 0 Å². The van der Waals surface area contributed by atoms with Crippen molar-refractivity contribution in [3.63, 3.8) is 0 Å². The SMILES string of the molecule is COc1ccc(CCNC(=O)c2ccccc2NC(=O)C2CCN(Cc3c(Cl)cccc3Cl)CC2)cc1OC. The molecular weight excluding hydrogens is 537 g/mol. The summed E-state index contributed by atoms with van der Waals surface area (Å²) in [6, 6.07) is 18.3. The van der Waals surface area contributed by atoms with Gasteiger partial charge in [-0.15, -0.1) is 0 Å². The Kier molecular flexibility index (Phi) is 10.1. The second-order valence-electron chi connectivity index (χ2n) is 9.48. The summed E-state index contributed by atoms with van der Waals surface area (Å²) >= 11 is 12.7. The van der Waals surface area contributed by atoms with Gasteiger partial charge < -0.3 is 20.1 Å². The maximum atomic E-state index is 13.1. The topological polar surface area (TPSA) is 79.9 Å². The number of hydrogen-bond acceptors (Lipinski definition) is 5. The zero-order valence-corrected chi connectivity index (χ0v) is 23.6. The number of nitrogens with one attached hydrogen (secondary N) is 2. The molecule has 3 aromatic rings. The van der Waals surface area contributed by atoms with Crippen molar-refractivity contribution in [2.75, 3.05) is 39.2 Å². The normalized spacial score (nSPS) is 14.1. The van der Waals surface area contributed by atoms with Crippen molar-refractivity contribution in [3.05, 3.63) is 87.4 Å². The molecule has 1 fully saturated rings. The van der Waals surface area contributed by atoms with Gasteiger partial charge in [-0.2, -0.15) is 0 Å². The Morgan fingerprint density at radius 1 is 0.923 bits per heavy atom. The molecule has 1 aliphatic rings. The van der Waals surface area contributed by atoms with E-state index in [0.717, 1.165) is 24.2 Å². The average Bonchev–Trinajstić information content (AvgIpc) is 2.95. The number of likely N-dealkylation sites (tertiary alicyclic amines) is 1. The standard InChI is InChI=1S/C30H33Cl2N3O4/c1-38-27-11-10-20(18-28(27)39-2)12-15-33-30(37)22-6-3-4-9-26(22)34-29(36)21-13-16-35(17-14-21)19-23-24(31)7-5-8-25(23)32/h3-11,18,21H,12-17,19H2,1-2H3,(H,33,37)(H,34,36). The minimum Gasteiger partial charge on any atom is -0.493 e. The molecule has 0 saturated carbocycles. The molecule has 0 aliphatic carbocycles. The highest BCUT2D eigenvalue weighted by atomic mass is 35.5. The van der Waals surface area contributed by atoms with Gasteiger partial charge in [0.15, 0.2) is 11.5 Å². The summed E-state index contributed by atoms with van der Waals surface area (Å²) < 4.78 is 10.6. The number of para-hydroxylation sites is 1. The van der Waals surface area contributed by atoms with Gasteiger partial charge in [0.1, 0.15) is 0 Å². The van der Waals surface area contributed by atoms with E-state index in [-0.39, 0.29) is 17.7 Å². The smallest absolute Gasteiger partial charge is 0.253 e. The number of ether oxygens (including phenoxy) is 2. The van der Waals surface area contributed by atoms with Gasteiger partial charge in [0, 0.05) is 34.6 Å². The van der Waals surface area contributed by atoms with E-state index in [4.69, 9.17) is 32.7 Å². The number of halogens is 2. The lowest BCUT2D eigenvalue weighted by atomic mass is 9.95. The van der Waals surface area contributed by atoms with Gasteiger partial charge in [-0.1, -0.05) is 47.5 Å². The molecule has 0 radical (unpaired) electrons. The minimum atomic E-state index is -0.238. The predicted octanol–water partition coefficient (Wildman–Crippen LogP) is 5.83. The van der Waals surface area contributed by atoms with Crippen LogP contribution in [0.15, 0.2) is 60.7 Å². The molecule has 206 valence electrons. The van der Waals surface area contributed by atoms with Crippen molar-refractivity contribution in [3.8, 4) is 11.5 Å². The molecule has 0 spiro atoms. The Balaban J connectivity index is 1.29. The number of rotatable bonds is 10. The summed E-state index contributed by atoms with van der Waals surface area (Å²) in [4.78, 5) is 28.3. The van der Waals surface area contributed by atoms with E-state index < -0.39 is 0 Å². The number of nitrogens with zero attached hydrogens (tertiary/aromatic N) is 1. The maximum Gasteiger partial charge on any atom is 0.253 e. The Labute approximate surface area is 239 Å². The first-order valence-electron chi connectivity index (χ1n) is 12.9. The van der Waals surface area contributed by atoms with Crippen molar-refractivity contribution in [1.29, 1.82) is 0 Å². The number of piperidine rings is 1. The Morgan fingerprint density at radius 2 is 1.62 bits per heavy atom. The highest BCUT2D eigenvalue weighted by molar-refractivity contribution is 6.35. The summed E-state index contributed by atoms with van der Waals surface area (Å²) in [6.07, 6.45) is 2.06. The zero-order chi connectivity index (χ0) is 27.8. The van der Waals surface area contributed by atoms with Crippen molar-refractivity contribution < 1.29 is 19.1 Å². The number of amides is 2. The van der Waals surface area contributed by atoms with E-state index in [0.29, 0.717) is 65.1 Å². The molecule has 7 nitrogen and oxygen atoms in total. The minimum absolute atomic E-state index is 0.0731. The third-order valence-corrected chi connectivity index (χ3v) is 7.69. The van der Waals surface area contributed by atoms with Crippen LogP contribution in [0.5, 0.6) is 11.5 Å². The molecule has 39 heavy (non-hydrogen) atoms. The van der Waals surface area contributed by atoms with Gasteiger partial charge in [-0.05, 0) is 74.3 Å². The van der Waals surface area contributed by atoms with Crippen LogP contribution < -0.4 is 20.1 Å². The molecular formula is C30H33Cl2N3O4. The number of anilines is 1. The molecule has 9 heteroatoms. The van der Waals surface area contributed by atoms with Gasteiger partial charge in [-0.3, -0.25) is 14.5 Å². The number of methoxy groups -OCH3 is 2. The molecule has 1 heterocycles. The highest BCUT2D eigenvalue weighted by Gasteiger charge is 2.26. The van der Waals surface area contributed by atoms with E-state index in [2.05, 4.69) is 15.5 Å². The van der Waals surface area contributed by atoms with E-state index >= 15 is 0 Å². The molecule has 4 rings (SSSR count). The number of benzene rings is 3. The fourth-order valence-corrected chi connectivity index (χ4v) is 5.25. The Hall–Kier alpha value is -3.26. The number of carbonyl (C=O) groups excluding carboxylic acids is 2. The van der Waals surface area contributed by atoms with Crippen molar-refractivity contribution in [2.45, 2.75) is 25.8 Å². The summed E-state index contributed by atoms with van der Waals surface area (Å²) in [6.45, 7) is 2.61. The zero-order valence-electron chi connectivity index (χ0n) is 22.1. The van der Waals surface area contributed by atoms with Gasteiger partial charge in [0.2, 0.25) is 5.91 Å². The second-order valence-corrected chi connectivity index (χ2v) is 10.3. The fraction of sp³-hybridized carbons (Fsp3) is 0.333. The number of hydrogen-bond donors (Lipinski definition) is 2. The van der Waals surface area contributed by atoms with Crippen LogP contribution in [0, 0.1) is 5.92 Å². The quantitative estimate of drug-likeness (QED) is 0.321. The van der Waals surface area contributed by atoms with Crippen molar-refractivity contribution >= 4 is 40.7 Å². The first kappa shape index (κ1) is 28.7. The van der Waals surface area contributed by atoms with Crippen LogP contribution in [0.1, 0.15) is 34.3 Å². The van der Waals surface area contributed by atoms with E-state index in [1.807, 2.05) is 42.5 Å². The van der Waals surface area contributed by atoms with Crippen LogP contribution in [-0.2, 0) is 17.8 Å². The van der Waals surface area contributed by atoms with Gasteiger partial charge in [0.25, 0.3) is 5.91 Å². The molecule has 2 N–H and O–H groups in total. The molecule has 3 aromatic carbocycles. The highest BCUT2D eigenvalue weighted by Crippen LogP contribution is 2.29. The number of carbonyl (C=O) groups is 2. The van der Waals surface area contributed by atoms with Crippen LogP contribution in [0.3, 0.4) is 0 Å². The lowest BCUT2D eigenvalue weighted by Gasteiger charge is -2.31. The Bertz CT molecular complexity index is 1290. The van der Waals surface area contributed by atoms with Crippen molar-refractivity contribution in [1.82, 2.24) is 10.2 Å². The third-order valence-electron chi connectivity index (χ3n) is 6.98. The fourth-order valence-electron chi connectivity index (χ4n) is 4.74. The van der Waals surface area contributed by atoms with Crippen LogP contribution in [0.25, 0.3) is 0 Å². The summed E-state index contributed by atoms with van der Waals surface area (Å²) in [5.41, 5.74) is 2.87. The van der Waals surface area contributed by atoms with Crippen LogP contribution in [0.4, 0.5) is 5.69 Å². The predicted molar refractivity (Wildman–Crippen MR) is 155 cm³/mol. The van der Waals surface area contributed by atoms with Gasteiger partial charge in [0.05, 0.1) is 25.5 Å². The molecule has 2 amide bonds. The summed E-state index contributed by atoms with van der Waals surface area (Å²) in [7, 11) is 3.18. The van der Waals surface area contributed by atoms with E-state index in [1.165, 1.54) is 0 Å². The summed E-state index contributed by atoms with van der Waals surface area (Å²) in [5, 5.41) is 7.25. The molecule has 1 aliphatic heterocycles. The summed E-state index contributed by atoms with van der Waals surface area (Å²) in [5.74, 6) is 0.858. The monoisotopic (exact) mass is 569 g/mol.